The molecule has 0 aliphatic carbocycles. The molecule has 0 radical (unpaired) electrons. The molecule has 3 aromatic rings. The molecule has 0 fully saturated rings. The van der Waals surface area contributed by atoms with Crippen LogP contribution in [0.2, 0.25) is 0 Å². The second-order valence-electron chi connectivity index (χ2n) is 4.53. The molecule has 2 N–H and O–H groups in total. The Hall–Kier alpha value is -2.46. The van der Waals surface area contributed by atoms with E-state index in [1.807, 2.05) is 28.8 Å². The fourth-order valence-electron chi connectivity index (χ4n) is 2.17. The third-order valence-electron chi connectivity index (χ3n) is 3.20. The fraction of sp³-hybridized carbons (Fsp3) is 0.0625. The van der Waals surface area contributed by atoms with Gasteiger partial charge in [0.15, 0.2) is 0 Å². The molecule has 0 saturated heterocycles. The second kappa shape index (κ2) is 5.27. The van der Waals surface area contributed by atoms with E-state index in [9.17, 15) is 4.39 Å². The summed E-state index contributed by atoms with van der Waals surface area (Å²) >= 11 is 0. The Kier molecular flexibility index (Phi) is 3.31. The van der Waals surface area contributed by atoms with Crippen molar-refractivity contribution in [1.29, 1.82) is 0 Å². The van der Waals surface area contributed by atoms with Crippen LogP contribution in [0.4, 0.5) is 4.39 Å². The maximum atomic E-state index is 13.0. The Morgan fingerprint density at radius 3 is 2.65 bits per heavy atom. The van der Waals surface area contributed by atoms with Crippen molar-refractivity contribution in [1.82, 2.24) is 9.55 Å². The highest BCUT2D eigenvalue weighted by Crippen LogP contribution is 2.23. The molecule has 1 aromatic heterocycles. The van der Waals surface area contributed by atoms with E-state index in [2.05, 4.69) is 4.98 Å². The van der Waals surface area contributed by atoms with Crippen LogP contribution >= 0.6 is 0 Å². The first-order valence-corrected chi connectivity index (χ1v) is 6.35. The van der Waals surface area contributed by atoms with E-state index in [0.29, 0.717) is 6.54 Å². The number of aromatic nitrogens is 2. The van der Waals surface area contributed by atoms with Gasteiger partial charge >= 0.3 is 0 Å². The Labute approximate surface area is 116 Å². The van der Waals surface area contributed by atoms with E-state index < -0.39 is 0 Å². The number of halogens is 1. The molecule has 4 heteroatoms. The Balaban J connectivity index is 2.07. The zero-order valence-corrected chi connectivity index (χ0v) is 10.8. The van der Waals surface area contributed by atoms with E-state index in [-0.39, 0.29) is 5.82 Å². The fourth-order valence-corrected chi connectivity index (χ4v) is 2.17. The number of hydrogen-bond acceptors (Lipinski definition) is 2. The van der Waals surface area contributed by atoms with Crippen LogP contribution in [0.1, 0.15) is 5.56 Å². The van der Waals surface area contributed by atoms with Gasteiger partial charge in [0.25, 0.3) is 0 Å². The molecule has 3 rings (SSSR count). The summed E-state index contributed by atoms with van der Waals surface area (Å²) in [6.45, 7) is 0.494. The lowest BCUT2D eigenvalue weighted by Gasteiger charge is -2.09. The average Bonchev–Trinajstić information content (AvgIpc) is 2.97. The quantitative estimate of drug-likeness (QED) is 0.792. The van der Waals surface area contributed by atoms with Crippen molar-refractivity contribution < 1.29 is 4.39 Å². The minimum Gasteiger partial charge on any atom is -0.326 e. The van der Waals surface area contributed by atoms with Crippen molar-refractivity contribution in [3.05, 3.63) is 72.4 Å². The van der Waals surface area contributed by atoms with Gasteiger partial charge in [-0.15, -0.1) is 0 Å². The van der Waals surface area contributed by atoms with Crippen molar-refractivity contribution in [2.45, 2.75) is 6.54 Å². The molecule has 3 nitrogen and oxygen atoms in total. The summed E-state index contributed by atoms with van der Waals surface area (Å²) in [7, 11) is 0. The molecule has 20 heavy (non-hydrogen) atoms. The van der Waals surface area contributed by atoms with Gasteiger partial charge in [-0.2, -0.15) is 0 Å². The van der Waals surface area contributed by atoms with Gasteiger partial charge in [-0.1, -0.05) is 12.1 Å². The molecule has 0 saturated carbocycles. The van der Waals surface area contributed by atoms with Gasteiger partial charge in [0.1, 0.15) is 5.82 Å². The minimum atomic E-state index is -0.245. The zero-order valence-electron chi connectivity index (χ0n) is 10.8. The van der Waals surface area contributed by atoms with Crippen LogP contribution in [-0.2, 0) is 6.54 Å². The second-order valence-corrected chi connectivity index (χ2v) is 4.53. The number of rotatable bonds is 3. The third kappa shape index (κ3) is 2.33. The van der Waals surface area contributed by atoms with Crippen molar-refractivity contribution in [3.63, 3.8) is 0 Å². The lowest BCUT2D eigenvalue weighted by atomic mass is 10.1. The number of nitrogens with two attached hydrogens (primary N) is 1. The molecule has 100 valence electrons. The summed E-state index contributed by atoms with van der Waals surface area (Å²) < 4.78 is 15.0. The van der Waals surface area contributed by atoms with Crippen LogP contribution in [0.3, 0.4) is 0 Å². The predicted octanol–water partition coefficient (Wildman–Crippen LogP) is 3.14. The highest BCUT2D eigenvalue weighted by molar-refractivity contribution is 5.61. The highest BCUT2D eigenvalue weighted by Gasteiger charge is 2.07. The van der Waals surface area contributed by atoms with E-state index in [1.54, 1.807) is 24.7 Å². The zero-order chi connectivity index (χ0) is 13.9. The van der Waals surface area contributed by atoms with Gasteiger partial charge in [-0.05, 0) is 42.0 Å². The largest absolute Gasteiger partial charge is 0.326 e. The van der Waals surface area contributed by atoms with Crippen molar-refractivity contribution >= 4 is 0 Å². The van der Waals surface area contributed by atoms with E-state index in [0.717, 1.165) is 22.5 Å². The topological polar surface area (TPSA) is 43.8 Å². The van der Waals surface area contributed by atoms with Gasteiger partial charge < -0.3 is 5.73 Å². The number of hydrogen-bond donors (Lipinski definition) is 1. The molecule has 0 bridgehead atoms. The van der Waals surface area contributed by atoms with Gasteiger partial charge in [0.05, 0.1) is 18.2 Å². The van der Waals surface area contributed by atoms with Crippen LogP contribution < -0.4 is 5.73 Å². The summed E-state index contributed by atoms with van der Waals surface area (Å²) in [4.78, 5) is 4.19. The van der Waals surface area contributed by atoms with Crippen LogP contribution in [0.25, 0.3) is 16.9 Å². The van der Waals surface area contributed by atoms with Crippen molar-refractivity contribution in [2.75, 3.05) is 0 Å². The predicted molar refractivity (Wildman–Crippen MR) is 76.8 cm³/mol. The normalized spacial score (nSPS) is 10.7. The maximum absolute atomic E-state index is 13.0. The van der Waals surface area contributed by atoms with Crippen LogP contribution in [0.15, 0.2) is 61.1 Å². The van der Waals surface area contributed by atoms with E-state index in [1.165, 1.54) is 12.1 Å². The monoisotopic (exact) mass is 267 g/mol. The molecule has 2 aromatic carbocycles. The van der Waals surface area contributed by atoms with Gasteiger partial charge in [-0.25, -0.2) is 9.37 Å². The number of imidazole rings is 1. The van der Waals surface area contributed by atoms with Crippen molar-refractivity contribution in [2.24, 2.45) is 5.73 Å². The highest BCUT2D eigenvalue weighted by atomic mass is 19.1. The summed E-state index contributed by atoms with van der Waals surface area (Å²) in [6, 6.07) is 14.4. The lowest BCUT2D eigenvalue weighted by molar-refractivity contribution is 0.628. The van der Waals surface area contributed by atoms with E-state index in [4.69, 9.17) is 5.73 Å². The Bertz CT molecular complexity index is 717. The average molecular weight is 267 g/mol. The first kappa shape index (κ1) is 12.6. The molecule has 0 amide bonds. The Morgan fingerprint density at radius 1 is 1.10 bits per heavy atom. The summed E-state index contributed by atoms with van der Waals surface area (Å²) in [5.74, 6) is -0.245. The molecule has 0 aliphatic heterocycles. The maximum Gasteiger partial charge on any atom is 0.123 e. The molecular weight excluding hydrogens is 253 g/mol. The summed E-state index contributed by atoms with van der Waals surface area (Å²) in [6.07, 6.45) is 3.51. The third-order valence-corrected chi connectivity index (χ3v) is 3.20. The lowest BCUT2D eigenvalue weighted by Crippen LogP contribution is -2.00. The van der Waals surface area contributed by atoms with Crippen LogP contribution in [0.5, 0.6) is 0 Å². The summed E-state index contributed by atoms with van der Waals surface area (Å²) in [5.41, 5.74) is 9.55. The van der Waals surface area contributed by atoms with Gasteiger partial charge in [0, 0.05) is 17.8 Å². The molecule has 0 unspecified atom stereocenters. The number of nitrogens with zero attached hydrogens (tertiary/aromatic N) is 2. The Morgan fingerprint density at radius 2 is 1.90 bits per heavy atom. The smallest absolute Gasteiger partial charge is 0.123 e. The molecule has 0 aliphatic rings. The van der Waals surface area contributed by atoms with Gasteiger partial charge in [0.2, 0.25) is 0 Å². The van der Waals surface area contributed by atoms with Gasteiger partial charge in [-0.3, -0.25) is 4.57 Å². The standard InChI is InChI=1S/C16H14FN3/c17-14-6-4-13(5-7-14)16-10-19-11-20(16)15-3-1-2-12(8-15)9-18/h1-8,10-11H,9,18H2. The molecular formula is C16H14FN3. The van der Waals surface area contributed by atoms with E-state index >= 15 is 0 Å². The first-order valence-electron chi connectivity index (χ1n) is 6.35. The molecule has 0 spiro atoms. The first-order chi connectivity index (χ1) is 9.78. The van der Waals surface area contributed by atoms with Crippen LogP contribution in [-0.4, -0.2) is 9.55 Å². The molecule has 1 heterocycles. The minimum absolute atomic E-state index is 0.245. The summed E-state index contributed by atoms with van der Waals surface area (Å²) in [5, 5.41) is 0. The van der Waals surface area contributed by atoms with Crippen molar-refractivity contribution in [3.8, 4) is 16.9 Å². The molecule has 0 atom stereocenters. The number of benzene rings is 2. The van der Waals surface area contributed by atoms with Crippen LogP contribution in [0, 0.1) is 5.82 Å². The SMILES string of the molecule is NCc1cccc(-n2cncc2-c2ccc(F)cc2)c1.